The molecular weight excluding hydrogens is 412 g/mol. The molecule has 0 saturated heterocycles. The number of benzene rings is 2. The molecule has 0 radical (unpaired) electrons. The Kier molecular flexibility index (Phi) is 9.39. The van der Waals surface area contributed by atoms with Crippen molar-refractivity contribution in [1.29, 1.82) is 0 Å². The van der Waals surface area contributed by atoms with E-state index in [-0.39, 0.29) is 18.9 Å². The topological polar surface area (TPSA) is 99.0 Å². The van der Waals surface area contributed by atoms with Crippen LogP contribution in [0.15, 0.2) is 73.8 Å². The van der Waals surface area contributed by atoms with Gasteiger partial charge < -0.3 is 14.4 Å². The SMILES string of the molecule is C=CC(=O)OCCN(CCOC(=O)C=C)c1ccc(/C=C/c2ccc([N+](=O)[O-])cc2)cc1. The summed E-state index contributed by atoms with van der Waals surface area (Å²) in [7, 11) is 0. The van der Waals surface area contributed by atoms with E-state index in [1.807, 2.05) is 41.3 Å². The number of anilines is 1. The van der Waals surface area contributed by atoms with E-state index in [9.17, 15) is 19.7 Å². The molecule has 0 spiro atoms. The molecule has 32 heavy (non-hydrogen) atoms. The fourth-order valence-electron chi connectivity index (χ4n) is 2.70. The molecule has 2 rings (SSSR count). The predicted octanol–water partition coefficient (Wildman–Crippen LogP) is 4.03. The van der Waals surface area contributed by atoms with Crippen molar-refractivity contribution in [2.24, 2.45) is 0 Å². The normalized spacial score (nSPS) is 10.4. The van der Waals surface area contributed by atoms with Crippen molar-refractivity contribution in [2.45, 2.75) is 0 Å². The molecule has 0 atom stereocenters. The Hall–Kier alpha value is -4.20. The lowest BCUT2D eigenvalue weighted by molar-refractivity contribution is -0.384. The third kappa shape index (κ3) is 7.91. The standard InChI is InChI=1S/C24H24N2O6/c1-3-23(27)31-17-15-25(16-18-32-24(28)4-2)21-11-7-19(8-12-21)5-6-20-9-13-22(14-10-20)26(29)30/h3-14H,1-2,15-18H2/b6-5+. The minimum Gasteiger partial charge on any atom is -0.461 e. The number of ether oxygens (including phenoxy) is 2. The minimum absolute atomic E-state index is 0.0455. The van der Waals surface area contributed by atoms with Crippen molar-refractivity contribution < 1.29 is 24.0 Å². The van der Waals surface area contributed by atoms with E-state index in [0.29, 0.717) is 13.1 Å². The molecule has 0 amide bonds. The molecule has 2 aromatic rings. The number of nitrogens with zero attached hydrogens (tertiary/aromatic N) is 2. The zero-order valence-electron chi connectivity index (χ0n) is 17.5. The van der Waals surface area contributed by atoms with E-state index < -0.39 is 16.9 Å². The smallest absolute Gasteiger partial charge is 0.330 e. The van der Waals surface area contributed by atoms with Crippen molar-refractivity contribution >= 4 is 35.5 Å². The average molecular weight is 436 g/mol. The fourth-order valence-corrected chi connectivity index (χ4v) is 2.70. The van der Waals surface area contributed by atoms with Crippen LogP contribution in [0.4, 0.5) is 11.4 Å². The largest absolute Gasteiger partial charge is 0.461 e. The second-order valence-electron chi connectivity index (χ2n) is 6.50. The molecule has 0 bridgehead atoms. The van der Waals surface area contributed by atoms with Crippen LogP contribution in [0.1, 0.15) is 11.1 Å². The van der Waals surface area contributed by atoms with Gasteiger partial charge >= 0.3 is 11.9 Å². The van der Waals surface area contributed by atoms with Crippen molar-refractivity contribution in [3.8, 4) is 0 Å². The van der Waals surface area contributed by atoms with Gasteiger partial charge in [-0.2, -0.15) is 0 Å². The molecule has 0 aliphatic rings. The lowest BCUT2D eigenvalue weighted by Gasteiger charge is -2.24. The molecule has 2 aromatic carbocycles. The third-order valence-electron chi connectivity index (χ3n) is 4.37. The van der Waals surface area contributed by atoms with Crippen LogP contribution in [-0.4, -0.2) is 43.2 Å². The average Bonchev–Trinajstić information content (AvgIpc) is 2.82. The molecule has 0 heterocycles. The second kappa shape index (κ2) is 12.5. The number of nitro groups is 1. The first-order chi connectivity index (χ1) is 15.4. The summed E-state index contributed by atoms with van der Waals surface area (Å²) >= 11 is 0. The fraction of sp³-hybridized carbons (Fsp3) is 0.167. The van der Waals surface area contributed by atoms with Crippen LogP contribution in [0.25, 0.3) is 12.2 Å². The minimum atomic E-state index is -0.505. The summed E-state index contributed by atoms with van der Waals surface area (Å²) in [5.74, 6) is -1.01. The highest BCUT2D eigenvalue weighted by molar-refractivity contribution is 5.81. The number of rotatable bonds is 12. The highest BCUT2D eigenvalue weighted by Gasteiger charge is 2.09. The van der Waals surface area contributed by atoms with Gasteiger partial charge in [0.1, 0.15) is 13.2 Å². The van der Waals surface area contributed by atoms with E-state index >= 15 is 0 Å². The van der Waals surface area contributed by atoms with Gasteiger partial charge in [0.15, 0.2) is 0 Å². The highest BCUT2D eigenvalue weighted by atomic mass is 16.6. The predicted molar refractivity (Wildman–Crippen MR) is 123 cm³/mol. The first-order valence-electron chi connectivity index (χ1n) is 9.79. The maximum absolute atomic E-state index is 11.3. The molecule has 0 aromatic heterocycles. The monoisotopic (exact) mass is 436 g/mol. The molecular formula is C24H24N2O6. The lowest BCUT2D eigenvalue weighted by atomic mass is 10.1. The molecule has 0 N–H and O–H groups in total. The summed E-state index contributed by atoms with van der Waals surface area (Å²) in [6.07, 6.45) is 5.96. The molecule has 8 nitrogen and oxygen atoms in total. The summed E-state index contributed by atoms with van der Waals surface area (Å²) in [5, 5.41) is 10.7. The third-order valence-corrected chi connectivity index (χ3v) is 4.37. The molecule has 0 saturated carbocycles. The Balaban J connectivity index is 2.04. The van der Waals surface area contributed by atoms with Crippen LogP contribution in [0.2, 0.25) is 0 Å². The van der Waals surface area contributed by atoms with Gasteiger partial charge in [0.25, 0.3) is 5.69 Å². The Morgan fingerprint density at radius 2 is 1.28 bits per heavy atom. The molecule has 0 aliphatic carbocycles. The van der Waals surface area contributed by atoms with Crippen LogP contribution in [-0.2, 0) is 19.1 Å². The molecule has 0 fully saturated rings. The Bertz CT molecular complexity index is 955. The van der Waals surface area contributed by atoms with E-state index in [2.05, 4.69) is 13.2 Å². The van der Waals surface area contributed by atoms with Crippen molar-refractivity contribution in [3.63, 3.8) is 0 Å². The van der Waals surface area contributed by atoms with Crippen LogP contribution in [0, 0.1) is 10.1 Å². The summed E-state index contributed by atoms with van der Waals surface area (Å²) < 4.78 is 10.1. The van der Waals surface area contributed by atoms with Gasteiger partial charge in [-0.25, -0.2) is 9.59 Å². The first kappa shape index (κ1) is 24.1. The van der Waals surface area contributed by atoms with Crippen molar-refractivity contribution in [3.05, 3.63) is 95.1 Å². The number of hydrogen-bond donors (Lipinski definition) is 0. The number of non-ortho nitro benzene ring substituents is 1. The summed E-state index contributed by atoms with van der Waals surface area (Å²) in [6, 6.07) is 13.9. The Morgan fingerprint density at radius 1 is 0.844 bits per heavy atom. The van der Waals surface area contributed by atoms with E-state index in [0.717, 1.165) is 29.0 Å². The second-order valence-corrected chi connectivity index (χ2v) is 6.50. The first-order valence-corrected chi connectivity index (χ1v) is 9.79. The van der Waals surface area contributed by atoms with Gasteiger partial charge in [-0.15, -0.1) is 0 Å². The van der Waals surface area contributed by atoms with Gasteiger partial charge in [-0.05, 0) is 35.4 Å². The quantitative estimate of drug-likeness (QED) is 0.163. The maximum atomic E-state index is 11.3. The summed E-state index contributed by atoms with van der Waals surface area (Å²) in [5.41, 5.74) is 2.68. The zero-order valence-corrected chi connectivity index (χ0v) is 17.5. The molecule has 166 valence electrons. The molecule has 0 unspecified atom stereocenters. The summed E-state index contributed by atoms with van der Waals surface area (Å²) in [4.78, 5) is 34.8. The van der Waals surface area contributed by atoms with E-state index in [1.54, 1.807) is 12.1 Å². The van der Waals surface area contributed by atoms with Crippen LogP contribution in [0.5, 0.6) is 0 Å². The van der Waals surface area contributed by atoms with Crippen molar-refractivity contribution in [2.75, 3.05) is 31.2 Å². The number of nitro benzene ring substituents is 1. The Labute approximate surface area is 186 Å². The van der Waals surface area contributed by atoms with Crippen LogP contribution < -0.4 is 4.90 Å². The van der Waals surface area contributed by atoms with Gasteiger partial charge in [0.2, 0.25) is 0 Å². The zero-order chi connectivity index (χ0) is 23.3. The number of carbonyl (C=O) groups excluding carboxylic acids is 2. The highest BCUT2D eigenvalue weighted by Crippen LogP contribution is 2.18. The van der Waals surface area contributed by atoms with E-state index in [4.69, 9.17) is 9.47 Å². The van der Waals surface area contributed by atoms with Gasteiger partial charge in [-0.1, -0.05) is 37.4 Å². The molecule has 0 aliphatic heterocycles. The van der Waals surface area contributed by atoms with Gasteiger partial charge in [0, 0.05) is 30.0 Å². The van der Waals surface area contributed by atoms with Gasteiger partial charge in [0.05, 0.1) is 18.0 Å². The number of hydrogen-bond acceptors (Lipinski definition) is 7. The van der Waals surface area contributed by atoms with Crippen molar-refractivity contribution in [1.82, 2.24) is 0 Å². The maximum Gasteiger partial charge on any atom is 0.330 e. The Morgan fingerprint density at radius 3 is 1.69 bits per heavy atom. The van der Waals surface area contributed by atoms with Crippen LogP contribution >= 0.6 is 0 Å². The van der Waals surface area contributed by atoms with Gasteiger partial charge in [-0.3, -0.25) is 10.1 Å². The summed E-state index contributed by atoms with van der Waals surface area (Å²) in [6.45, 7) is 7.85. The van der Waals surface area contributed by atoms with Crippen LogP contribution in [0.3, 0.4) is 0 Å². The lowest BCUT2D eigenvalue weighted by Crippen LogP contribution is -2.31. The molecule has 8 heteroatoms. The number of carbonyl (C=O) groups is 2. The van der Waals surface area contributed by atoms with E-state index in [1.165, 1.54) is 12.1 Å². The number of esters is 2.